The van der Waals surface area contributed by atoms with E-state index in [1.54, 1.807) is 13.1 Å². The van der Waals surface area contributed by atoms with Gasteiger partial charge in [-0.2, -0.15) is 5.26 Å². The summed E-state index contributed by atoms with van der Waals surface area (Å²) in [6.07, 6.45) is 4.83. The molecule has 1 heterocycles. The number of nitrogens with two attached hydrogens (primary N) is 1. The van der Waals surface area contributed by atoms with Crippen molar-refractivity contribution in [3.05, 3.63) is 59.2 Å². The largest absolute Gasteiger partial charge is 0.369 e. The summed E-state index contributed by atoms with van der Waals surface area (Å²) in [5.41, 5.74) is 9.79. The van der Waals surface area contributed by atoms with Crippen LogP contribution in [0.4, 0.5) is 0 Å². The maximum Gasteiger partial charge on any atom is 0.262 e. The Morgan fingerprint density at radius 3 is 2.50 bits per heavy atom. The maximum absolute atomic E-state index is 13.8. The van der Waals surface area contributed by atoms with E-state index < -0.39 is 5.54 Å². The van der Waals surface area contributed by atoms with Gasteiger partial charge in [0.15, 0.2) is 11.5 Å². The zero-order chi connectivity index (χ0) is 22.7. The summed E-state index contributed by atoms with van der Waals surface area (Å²) in [5.74, 6) is 0.286. The second-order valence-electron chi connectivity index (χ2n) is 9.76. The molecule has 2 spiro atoms. The number of amides is 1. The molecule has 2 aromatic rings. The molecule has 1 atom stereocenters. The van der Waals surface area contributed by atoms with Crippen LogP contribution < -0.4 is 5.73 Å². The van der Waals surface area contributed by atoms with E-state index in [4.69, 9.17) is 10.7 Å². The fourth-order valence-electron chi connectivity index (χ4n) is 6.17. The van der Waals surface area contributed by atoms with E-state index in [9.17, 15) is 10.1 Å². The van der Waals surface area contributed by atoms with Crippen LogP contribution in [0.3, 0.4) is 0 Å². The number of aliphatic imine (C=N–C) groups is 1. The van der Waals surface area contributed by atoms with E-state index in [2.05, 4.69) is 43.3 Å². The Bertz CT molecular complexity index is 1170. The molecule has 0 bridgehead atoms. The van der Waals surface area contributed by atoms with Gasteiger partial charge in [0.2, 0.25) is 0 Å². The summed E-state index contributed by atoms with van der Waals surface area (Å²) in [6, 6.07) is 16.7. The fraction of sp³-hybridized carbons (Fsp3) is 0.423. The number of guanidine groups is 1. The smallest absolute Gasteiger partial charge is 0.262 e. The number of nitrogens with zero attached hydrogens (tertiary/aromatic N) is 4. The highest BCUT2D eigenvalue weighted by Gasteiger charge is 2.66. The predicted octanol–water partition coefficient (Wildman–Crippen LogP) is 3.25. The normalized spacial score (nSPS) is 29.0. The molecule has 1 unspecified atom stereocenters. The monoisotopic (exact) mass is 427 g/mol. The van der Waals surface area contributed by atoms with Crippen molar-refractivity contribution in [1.82, 2.24) is 9.80 Å². The molecule has 164 valence electrons. The molecule has 1 amide bonds. The van der Waals surface area contributed by atoms with E-state index in [1.807, 2.05) is 18.2 Å². The highest BCUT2D eigenvalue weighted by molar-refractivity contribution is 6.08. The summed E-state index contributed by atoms with van der Waals surface area (Å²) < 4.78 is 0. The van der Waals surface area contributed by atoms with Crippen LogP contribution in [0.1, 0.15) is 42.4 Å². The molecule has 2 aromatic carbocycles. The summed E-state index contributed by atoms with van der Waals surface area (Å²) in [6.45, 7) is 0. The molecule has 1 aliphatic heterocycles. The Morgan fingerprint density at radius 2 is 1.88 bits per heavy atom. The Balaban J connectivity index is 1.65. The summed E-state index contributed by atoms with van der Waals surface area (Å²) in [5, 5.41) is 9.32. The number of carbonyl (C=O) groups excluding carboxylic acids is 1. The van der Waals surface area contributed by atoms with Crippen molar-refractivity contribution in [2.24, 2.45) is 16.1 Å². The first-order valence-electron chi connectivity index (χ1n) is 11.3. The number of benzene rings is 2. The number of rotatable bonds is 2. The van der Waals surface area contributed by atoms with E-state index in [0.29, 0.717) is 17.6 Å². The quantitative estimate of drug-likeness (QED) is 0.797. The van der Waals surface area contributed by atoms with Gasteiger partial charge in [0.1, 0.15) is 0 Å². The highest BCUT2D eigenvalue weighted by Crippen LogP contribution is 2.62. The molecule has 5 rings (SSSR count). The van der Waals surface area contributed by atoms with Crippen molar-refractivity contribution >= 4 is 11.9 Å². The summed E-state index contributed by atoms with van der Waals surface area (Å²) >= 11 is 0. The molecule has 0 aromatic heterocycles. The van der Waals surface area contributed by atoms with Crippen LogP contribution in [0.2, 0.25) is 0 Å². The minimum Gasteiger partial charge on any atom is -0.369 e. The zero-order valence-corrected chi connectivity index (χ0v) is 18.9. The Labute approximate surface area is 189 Å². The third-order valence-electron chi connectivity index (χ3n) is 8.00. The summed E-state index contributed by atoms with van der Waals surface area (Å²) in [4.78, 5) is 22.6. The number of nitriles is 1. The Morgan fingerprint density at radius 1 is 1.16 bits per heavy atom. The molecule has 1 fully saturated rings. The van der Waals surface area contributed by atoms with Crippen LogP contribution in [0.5, 0.6) is 0 Å². The van der Waals surface area contributed by atoms with Gasteiger partial charge in [-0.1, -0.05) is 24.3 Å². The first-order chi connectivity index (χ1) is 15.3. The number of likely N-dealkylation sites (N-methyl/N-ethyl adjacent to an activating group) is 1. The Hall–Kier alpha value is -3.17. The molecule has 6 heteroatoms. The molecule has 1 saturated carbocycles. The molecule has 0 radical (unpaired) electrons. The van der Waals surface area contributed by atoms with Crippen molar-refractivity contribution in [2.45, 2.75) is 43.7 Å². The molecule has 3 aliphatic rings. The molecule has 32 heavy (non-hydrogen) atoms. The van der Waals surface area contributed by atoms with Crippen LogP contribution in [-0.4, -0.2) is 48.9 Å². The van der Waals surface area contributed by atoms with Gasteiger partial charge < -0.3 is 10.6 Å². The van der Waals surface area contributed by atoms with Crippen molar-refractivity contribution in [1.29, 1.82) is 5.26 Å². The van der Waals surface area contributed by atoms with Crippen LogP contribution in [0, 0.1) is 16.7 Å². The summed E-state index contributed by atoms with van der Waals surface area (Å²) in [7, 11) is 6.00. The van der Waals surface area contributed by atoms with Gasteiger partial charge in [0.25, 0.3) is 5.91 Å². The van der Waals surface area contributed by atoms with E-state index in [-0.39, 0.29) is 11.3 Å². The zero-order valence-electron chi connectivity index (χ0n) is 18.9. The second kappa shape index (κ2) is 7.18. The lowest BCUT2D eigenvalue weighted by Gasteiger charge is -2.46. The SMILES string of the molecule is CN1C(=O)C2(N=C1N)c1cc(-c3cccc(C#N)c3)ccc1CC21CCC(N(C)C)CC1. The van der Waals surface area contributed by atoms with Gasteiger partial charge in [-0.25, -0.2) is 4.99 Å². The first kappa shape index (κ1) is 20.7. The Kier molecular flexibility index (Phi) is 4.65. The maximum atomic E-state index is 13.8. The second-order valence-corrected chi connectivity index (χ2v) is 9.76. The minimum atomic E-state index is -0.957. The van der Waals surface area contributed by atoms with E-state index >= 15 is 0 Å². The third kappa shape index (κ3) is 2.74. The van der Waals surface area contributed by atoms with E-state index in [0.717, 1.165) is 48.8 Å². The number of hydrogen-bond donors (Lipinski definition) is 1. The molecule has 6 nitrogen and oxygen atoms in total. The third-order valence-corrected chi connectivity index (χ3v) is 8.00. The number of hydrogen-bond acceptors (Lipinski definition) is 5. The molecule has 2 aliphatic carbocycles. The lowest BCUT2D eigenvalue weighted by molar-refractivity contribution is -0.136. The van der Waals surface area contributed by atoms with Gasteiger partial charge in [-0.3, -0.25) is 9.69 Å². The van der Waals surface area contributed by atoms with Crippen molar-refractivity contribution in [3.63, 3.8) is 0 Å². The highest BCUT2D eigenvalue weighted by atomic mass is 16.2. The topological polar surface area (TPSA) is 85.7 Å². The molecule has 0 saturated heterocycles. The number of fused-ring (bicyclic) bond motifs is 3. The van der Waals surface area contributed by atoms with Crippen LogP contribution in [0.25, 0.3) is 11.1 Å². The van der Waals surface area contributed by atoms with Gasteiger partial charge in [-0.15, -0.1) is 0 Å². The van der Waals surface area contributed by atoms with Gasteiger partial charge in [-0.05, 0) is 86.7 Å². The predicted molar refractivity (Wildman–Crippen MR) is 125 cm³/mol. The van der Waals surface area contributed by atoms with Gasteiger partial charge in [0, 0.05) is 18.5 Å². The average Bonchev–Trinajstić information content (AvgIpc) is 3.20. The lowest BCUT2D eigenvalue weighted by Crippen LogP contribution is -2.52. The standard InChI is InChI=1S/C26H29N5O/c1-30(2)21-9-11-25(12-10-21)15-20-8-7-19(18-6-4-5-17(13-18)16-27)14-22(20)26(25)23(32)31(3)24(28)29-26/h4-8,13-14,21H,9-12,15H2,1-3H3,(H2,28,29). The van der Waals surface area contributed by atoms with Crippen molar-refractivity contribution in [3.8, 4) is 17.2 Å². The van der Waals surface area contributed by atoms with Crippen molar-refractivity contribution in [2.75, 3.05) is 21.1 Å². The van der Waals surface area contributed by atoms with Crippen LogP contribution >= 0.6 is 0 Å². The molecular formula is C26H29N5O. The molecular weight excluding hydrogens is 398 g/mol. The first-order valence-corrected chi connectivity index (χ1v) is 11.3. The fourth-order valence-corrected chi connectivity index (χ4v) is 6.17. The van der Waals surface area contributed by atoms with Crippen molar-refractivity contribution < 1.29 is 4.79 Å². The number of carbonyl (C=O) groups is 1. The van der Waals surface area contributed by atoms with Gasteiger partial charge >= 0.3 is 0 Å². The van der Waals surface area contributed by atoms with Crippen LogP contribution in [0.15, 0.2) is 47.5 Å². The molecule has 2 N–H and O–H groups in total. The van der Waals surface area contributed by atoms with Crippen LogP contribution in [-0.2, 0) is 16.8 Å². The minimum absolute atomic E-state index is 0.0139. The van der Waals surface area contributed by atoms with E-state index in [1.165, 1.54) is 10.5 Å². The van der Waals surface area contributed by atoms with Gasteiger partial charge in [0.05, 0.1) is 11.6 Å². The lowest BCUT2D eigenvalue weighted by atomic mass is 9.61. The average molecular weight is 428 g/mol.